The van der Waals surface area contributed by atoms with E-state index in [4.69, 9.17) is 4.84 Å². The number of hydroxylamine groups is 2. The van der Waals surface area contributed by atoms with Crippen molar-refractivity contribution in [1.29, 1.82) is 0 Å². The Balaban J connectivity index is 1.94. The van der Waals surface area contributed by atoms with Gasteiger partial charge in [-0.05, 0) is 44.0 Å². The van der Waals surface area contributed by atoms with Gasteiger partial charge in [-0.1, -0.05) is 6.08 Å². The third kappa shape index (κ3) is 2.96. The van der Waals surface area contributed by atoms with Crippen LogP contribution < -0.4 is 0 Å². The van der Waals surface area contributed by atoms with Crippen molar-refractivity contribution >= 4 is 11.5 Å². The van der Waals surface area contributed by atoms with Gasteiger partial charge in [0.05, 0.1) is 18.5 Å². The molecule has 0 aliphatic carbocycles. The van der Waals surface area contributed by atoms with E-state index < -0.39 is 5.41 Å². The normalized spacial score (nSPS) is 16.5. The van der Waals surface area contributed by atoms with Crippen molar-refractivity contribution in [3.63, 3.8) is 0 Å². The highest BCUT2D eigenvalue weighted by atomic mass is 16.7. The Morgan fingerprint density at radius 1 is 1.33 bits per heavy atom. The first-order valence-electron chi connectivity index (χ1n) is 6.03. The number of carbonyl (C=O) groups excluding carboxylic acids is 1. The van der Waals surface area contributed by atoms with Crippen molar-refractivity contribution in [2.45, 2.75) is 20.8 Å². The third-order valence-corrected chi connectivity index (χ3v) is 2.76. The Hall–Kier alpha value is -1.68. The first-order valence-corrected chi connectivity index (χ1v) is 6.03. The van der Waals surface area contributed by atoms with Gasteiger partial charge in [0.1, 0.15) is 0 Å². The lowest BCUT2D eigenvalue weighted by Crippen LogP contribution is -2.32. The molecule has 0 fully saturated rings. The summed E-state index contributed by atoms with van der Waals surface area (Å²) in [5.74, 6) is -0.202. The number of hydrogen-bond acceptors (Lipinski definition) is 4. The summed E-state index contributed by atoms with van der Waals surface area (Å²) in [5, 5.41) is 1.68. The molecule has 96 valence electrons. The maximum absolute atomic E-state index is 11.8. The Bertz CT molecular complexity index is 460. The van der Waals surface area contributed by atoms with E-state index in [2.05, 4.69) is 11.1 Å². The zero-order valence-corrected chi connectivity index (χ0v) is 11.0. The molecule has 2 heterocycles. The molecule has 1 aliphatic rings. The van der Waals surface area contributed by atoms with Crippen LogP contribution in [0.15, 0.2) is 30.6 Å². The van der Waals surface area contributed by atoms with Gasteiger partial charge in [0.25, 0.3) is 0 Å². The minimum atomic E-state index is -0.473. The molecule has 0 amide bonds. The number of hydrogen-bond donors (Lipinski definition) is 0. The fraction of sp³-hybridized carbons (Fsp3) is 0.429. The largest absolute Gasteiger partial charge is 0.367 e. The molecule has 18 heavy (non-hydrogen) atoms. The van der Waals surface area contributed by atoms with Gasteiger partial charge in [-0.15, -0.1) is 5.06 Å². The minimum absolute atomic E-state index is 0.202. The van der Waals surface area contributed by atoms with Crippen LogP contribution in [0.1, 0.15) is 26.3 Å². The Kier molecular flexibility index (Phi) is 3.48. The third-order valence-electron chi connectivity index (χ3n) is 2.76. The molecule has 0 bridgehead atoms. The van der Waals surface area contributed by atoms with Crippen LogP contribution in [0.4, 0.5) is 0 Å². The maximum Gasteiger partial charge on any atom is 0.330 e. The summed E-state index contributed by atoms with van der Waals surface area (Å²) in [6.07, 6.45) is 5.60. The van der Waals surface area contributed by atoms with E-state index in [1.165, 1.54) is 5.57 Å². The zero-order chi connectivity index (χ0) is 13.2. The molecule has 2 rings (SSSR count). The van der Waals surface area contributed by atoms with Gasteiger partial charge in [-0.25, -0.2) is 4.79 Å². The van der Waals surface area contributed by atoms with Gasteiger partial charge >= 0.3 is 5.97 Å². The van der Waals surface area contributed by atoms with Crippen LogP contribution in [0, 0.1) is 5.41 Å². The van der Waals surface area contributed by atoms with E-state index in [1.807, 2.05) is 32.9 Å². The average molecular weight is 246 g/mol. The van der Waals surface area contributed by atoms with Crippen molar-refractivity contribution in [3.8, 4) is 0 Å². The predicted molar refractivity (Wildman–Crippen MR) is 69.3 cm³/mol. The number of pyridine rings is 1. The second-order valence-electron chi connectivity index (χ2n) is 5.42. The average Bonchev–Trinajstić information content (AvgIpc) is 2.77. The van der Waals surface area contributed by atoms with Gasteiger partial charge in [0, 0.05) is 12.4 Å². The van der Waals surface area contributed by atoms with Gasteiger partial charge in [0.15, 0.2) is 0 Å². The van der Waals surface area contributed by atoms with Crippen LogP contribution in [-0.4, -0.2) is 29.1 Å². The fourth-order valence-corrected chi connectivity index (χ4v) is 1.63. The molecule has 1 aliphatic heterocycles. The first-order chi connectivity index (χ1) is 8.47. The van der Waals surface area contributed by atoms with Crippen molar-refractivity contribution in [1.82, 2.24) is 10.0 Å². The quantitative estimate of drug-likeness (QED) is 0.803. The molecule has 4 heteroatoms. The molecule has 4 nitrogen and oxygen atoms in total. The number of nitrogens with zero attached hydrogens (tertiary/aromatic N) is 2. The summed E-state index contributed by atoms with van der Waals surface area (Å²) < 4.78 is 0. The van der Waals surface area contributed by atoms with Gasteiger partial charge in [0.2, 0.25) is 0 Å². The van der Waals surface area contributed by atoms with Crippen molar-refractivity contribution in [3.05, 3.63) is 36.2 Å². The van der Waals surface area contributed by atoms with Crippen LogP contribution in [0.3, 0.4) is 0 Å². The summed E-state index contributed by atoms with van der Waals surface area (Å²) in [6, 6.07) is 3.92. The van der Waals surface area contributed by atoms with E-state index in [9.17, 15) is 4.79 Å². The lowest BCUT2D eigenvalue weighted by Gasteiger charge is -2.21. The lowest BCUT2D eigenvalue weighted by molar-refractivity contribution is -0.193. The number of rotatable bonds is 2. The van der Waals surface area contributed by atoms with E-state index in [1.54, 1.807) is 17.5 Å². The predicted octanol–water partition coefficient (Wildman–Crippen LogP) is 2.28. The molecule has 0 saturated heterocycles. The van der Waals surface area contributed by atoms with Crippen LogP contribution in [0.2, 0.25) is 0 Å². The van der Waals surface area contributed by atoms with Crippen molar-refractivity contribution in [2.24, 2.45) is 5.41 Å². The number of carbonyl (C=O) groups is 1. The van der Waals surface area contributed by atoms with Gasteiger partial charge in [-0.3, -0.25) is 4.98 Å². The maximum atomic E-state index is 11.8. The summed E-state index contributed by atoms with van der Waals surface area (Å²) in [6.45, 7) is 6.82. The second-order valence-corrected chi connectivity index (χ2v) is 5.42. The minimum Gasteiger partial charge on any atom is -0.367 e. The van der Waals surface area contributed by atoms with Crippen molar-refractivity contribution in [2.75, 3.05) is 13.1 Å². The smallest absolute Gasteiger partial charge is 0.330 e. The fourth-order valence-electron chi connectivity index (χ4n) is 1.63. The Morgan fingerprint density at radius 3 is 2.61 bits per heavy atom. The summed E-state index contributed by atoms with van der Waals surface area (Å²) in [7, 11) is 0. The van der Waals surface area contributed by atoms with E-state index in [0.717, 1.165) is 5.56 Å². The van der Waals surface area contributed by atoms with Crippen LogP contribution >= 0.6 is 0 Å². The monoisotopic (exact) mass is 246 g/mol. The highest BCUT2D eigenvalue weighted by Crippen LogP contribution is 2.23. The van der Waals surface area contributed by atoms with Crippen molar-refractivity contribution < 1.29 is 9.63 Å². The molecule has 0 unspecified atom stereocenters. The molecule has 0 atom stereocenters. The summed E-state index contributed by atoms with van der Waals surface area (Å²) in [5.41, 5.74) is 1.82. The molecule has 0 N–H and O–H groups in total. The zero-order valence-electron chi connectivity index (χ0n) is 11.0. The summed E-state index contributed by atoms with van der Waals surface area (Å²) >= 11 is 0. The standard InChI is InChI=1S/C14H18N2O2/c1-14(2,3)13(17)18-16-9-6-12(10-16)11-4-7-15-8-5-11/h4-8H,9-10H2,1-3H3. The van der Waals surface area contributed by atoms with E-state index in [0.29, 0.717) is 13.1 Å². The second kappa shape index (κ2) is 4.90. The molecule has 1 aromatic heterocycles. The van der Waals surface area contributed by atoms with Crippen LogP contribution in [0.5, 0.6) is 0 Å². The topological polar surface area (TPSA) is 42.4 Å². The molecule has 0 aromatic carbocycles. The first kappa shape index (κ1) is 12.8. The van der Waals surface area contributed by atoms with Crippen LogP contribution in [0.25, 0.3) is 5.57 Å². The van der Waals surface area contributed by atoms with Gasteiger partial charge < -0.3 is 4.84 Å². The Labute approximate surface area is 107 Å². The molecular formula is C14H18N2O2. The molecule has 0 spiro atoms. The van der Waals surface area contributed by atoms with E-state index in [-0.39, 0.29) is 5.97 Å². The lowest BCUT2D eigenvalue weighted by atomic mass is 9.98. The molecule has 1 aromatic rings. The Morgan fingerprint density at radius 2 is 2.00 bits per heavy atom. The molecule has 0 saturated carbocycles. The molecular weight excluding hydrogens is 228 g/mol. The summed E-state index contributed by atoms with van der Waals surface area (Å²) in [4.78, 5) is 21.1. The highest BCUT2D eigenvalue weighted by Gasteiger charge is 2.27. The van der Waals surface area contributed by atoms with Crippen LogP contribution in [-0.2, 0) is 9.63 Å². The highest BCUT2D eigenvalue weighted by molar-refractivity contribution is 5.75. The van der Waals surface area contributed by atoms with E-state index >= 15 is 0 Å². The SMILES string of the molecule is CC(C)(C)C(=O)ON1CC=C(c2ccncc2)C1. The number of aromatic nitrogens is 1. The van der Waals surface area contributed by atoms with Gasteiger partial charge in [-0.2, -0.15) is 0 Å². The molecule has 0 radical (unpaired) electrons.